The number of esters is 1. The molecule has 1 aliphatic rings. The van der Waals surface area contributed by atoms with E-state index in [-0.39, 0.29) is 16.9 Å². The minimum absolute atomic E-state index is 0.0666. The summed E-state index contributed by atoms with van der Waals surface area (Å²) >= 11 is 0. The van der Waals surface area contributed by atoms with E-state index < -0.39 is 26.7 Å². The summed E-state index contributed by atoms with van der Waals surface area (Å²) in [6.07, 6.45) is 1.37. The molecule has 0 amide bonds. The van der Waals surface area contributed by atoms with Gasteiger partial charge in [0.2, 0.25) is 0 Å². The van der Waals surface area contributed by atoms with Gasteiger partial charge >= 0.3 is 5.97 Å². The van der Waals surface area contributed by atoms with Crippen molar-refractivity contribution >= 4 is 15.8 Å². The molecule has 0 bridgehead atoms. The minimum atomic E-state index is -3.87. The first-order valence-corrected chi connectivity index (χ1v) is 11.7. The van der Waals surface area contributed by atoms with Crippen LogP contribution in [0.5, 0.6) is 0 Å². The van der Waals surface area contributed by atoms with Crippen LogP contribution in [-0.4, -0.2) is 50.5 Å². The van der Waals surface area contributed by atoms with E-state index in [1.54, 1.807) is 24.3 Å². The summed E-state index contributed by atoms with van der Waals surface area (Å²) in [5, 5.41) is 22.5. The fourth-order valence-corrected chi connectivity index (χ4v) is 6.09. The van der Waals surface area contributed by atoms with Crippen LogP contribution in [0.2, 0.25) is 0 Å². The molecule has 1 aliphatic heterocycles. The zero-order chi connectivity index (χ0) is 22.5. The lowest BCUT2D eigenvalue weighted by atomic mass is 9.86. The summed E-state index contributed by atoms with van der Waals surface area (Å²) in [6.45, 7) is 1.08. The number of hydrogen-bond donors (Lipinski definition) is 2. The number of benzene rings is 2. The van der Waals surface area contributed by atoms with Crippen molar-refractivity contribution in [2.24, 2.45) is 0 Å². The van der Waals surface area contributed by atoms with Crippen LogP contribution in [0.4, 0.5) is 0 Å². The number of ether oxygens (including phenoxy) is 1. The largest absolute Gasteiger partial charge is 0.465 e. The zero-order valence-corrected chi connectivity index (χ0v) is 18.2. The Morgan fingerprint density at radius 3 is 2.32 bits per heavy atom. The molecular formula is C23H26N2O5S. The van der Waals surface area contributed by atoms with E-state index in [9.17, 15) is 18.3 Å². The molecule has 1 unspecified atom stereocenters. The highest BCUT2D eigenvalue weighted by atomic mass is 32.2. The average Bonchev–Trinajstić information content (AvgIpc) is 2.79. The standard InChI is InChI=1S/C23H26N2O5S/c1-30-22(26)19-7-9-20(10-8-19)31(28,29)21(23(27)12-14-25-15-13-23)11-6-17-2-4-18(16-24)5-3-17/h2-5,7-10,21,25,27H,6,11-15H2,1H3. The molecule has 1 saturated heterocycles. The summed E-state index contributed by atoms with van der Waals surface area (Å²) in [5.41, 5.74) is 0.349. The Balaban J connectivity index is 1.90. The first-order chi connectivity index (χ1) is 14.8. The number of piperidine rings is 1. The van der Waals surface area contributed by atoms with E-state index in [1.165, 1.54) is 31.4 Å². The van der Waals surface area contributed by atoms with Crippen molar-refractivity contribution in [2.45, 2.75) is 41.4 Å². The van der Waals surface area contributed by atoms with Gasteiger partial charge in [-0.3, -0.25) is 0 Å². The van der Waals surface area contributed by atoms with Crippen molar-refractivity contribution in [3.05, 3.63) is 65.2 Å². The first kappa shape index (κ1) is 22.9. The van der Waals surface area contributed by atoms with E-state index in [1.807, 2.05) is 0 Å². The Bertz CT molecular complexity index is 1050. The van der Waals surface area contributed by atoms with Gasteiger partial charge in [0, 0.05) is 0 Å². The Morgan fingerprint density at radius 2 is 1.77 bits per heavy atom. The second kappa shape index (κ2) is 9.60. The molecule has 0 aliphatic carbocycles. The number of nitrogens with zero attached hydrogens (tertiary/aromatic N) is 1. The van der Waals surface area contributed by atoms with Crippen LogP contribution in [0.1, 0.15) is 40.7 Å². The predicted octanol–water partition coefficient (Wildman–Crippen LogP) is 2.23. The number of aliphatic hydroxyl groups is 1. The lowest BCUT2D eigenvalue weighted by Crippen LogP contribution is -2.53. The Hall–Kier alpha value is -2.73. The second-order valence-electron chi connectivity index (χ2n) is 7.75. The molecule has 7 nitrogen and oxygen atoms in total. The Labute approximate surface area is 182 Å². The van der Waals surface area contributed by atoms with Gasteiger partial charge in [-0.1, -0.05) is 12.1 Å². The summed E-state index contributed by atoms with van der Waals surface area (Å²) < 4.78 is 31.8. The third kappa shape index (κ3) is 5.13. The van der Waals surface area contributed by atoms with Crippen LogP contribution in [0.3, 0.4) is 0 Å². The number of nitrogens with one attached hydrogen (secondary N) is 1. The number of hydrogen-bond acceptors (Lipinski definition) is 7. The number of sulfone groups is 1. The van der Waals surface area contributed by atoms with Crippen molar-refractivity contribution in [2.75, 3.05) is 20.2 Å². The molecule has 3 rings (SSSR count). The molecule has 2 aromatic carbocycles. The van der Waals surface area contributed by atoms with Crippen molar-refractivity contribution in [1.29, 1.82) is 5.26 Å². The number of aryl methyl sites for hydroxylation is 1. The predicted molar refractivity (Wildman–Crippen MR) is 115 cm³/mol. The van der Waals surface area contributed by atoms with Crippen molar-refractivity contribution in [3.8, 4) is 6.07 Å². The lowest BCUT2D eigenvalue weighted by Gasteiger charge is -2.39. The first-order valence-electron chi connectivity index (χ1n) is 10.1. The SMILES string of the molecule is COC(=O)c1ccc(S(=O)(=O)C(CCc2ccc(C#N)cc2)C2(O)CCNCC2)cc1. The molecule has 0 aromatic heterocycles. The highest BCUT2D eigenvalue weighted by Crippen LogP contribution is 2.34. The fourth-order valence-electron chi connectivity index (χ4n) is 4.00. The van der Waals surface area contributed by atoms with E-state index >= 15 is 0 Å². The molecule has 164 valence electrons. The van der Waals surface area contributed by atoms with Gasteiger partial charge in [0.1, 0.15) is 0 Å². The molecule has 0 spiro atoms. The maximum Gasteiger partial charge on any atom is 0.337 e. The van der Waals surface area contributed by atoms with Gasteiger partial charge in [-0.05, 0) is 80.7 Å². The van der Waals surface area contributed by atoms with Gasteiger partial charge < -0.3 is 15.2 Å². The Morgan fingerprint density at radius 1 is 1.16 bits per heavy atom. The Kier molecular flexibility index (Phi) is 7.11. The molecule has 1 heterocycles. The van der Waals surface area contributed by atoms with Gasteiger partial charge in [0.05, 0.1) is 40.1 Å². The van der Waals surface area contributed by atoms with E-state index in [0.717, 1.165) is 5.56 Å². The van der Waals surface area contributed by atoms with Gasteiger partial charge in [0.15, 0.2) is 9.84 Å². The minimum Gasteiger partial charge on any atom is -0.465 e. The second-order valence-corrected chi connectivity index (χ2v) is 9.88. The van der Waals surface area contributed by atoms with Gasteiger partial charge in [0.25, 0.3) is 0 Å². The van der Waals surface area contributed by atoms with Gasteiger partial charge in [-0.25, -0.2) is 13.2 Å². The van der Waals surface area contributed by atoms with Crippen LogP contribution in [0.25, 0.3) is 0 Å². The molecular weight excluding hydrogens is 416 g/mol. The van der Waals surface area contributed by atoms with Gasteiger partial charge in [-0.2, -0.15) is 5.26 Å². The maximum absolute atomic E-state index is 13.6. The number of nitriles is 1. The molecule has 8 heteroatoms. The zero-order valence-electron chi connectivity index (χ0n) is 17.4. The topological polar surface area (TPSA) is 116 Å². The van der Waals surface area contributed by atoms with Crippen LogP contribution < -0.4 is 5.32 Å². The normalized spacial score (nSPS) is 16.8. The van der Waals surface area contributed by atoms with Crippen LogP contribution in [0.15, 0.2) is 53.4 Å². The van der Waals surface area contributed by atoms with Crippen molar-refractivity contribution < 1.29 is 23.1 Å². The van der Waals surface area contributed by atoms with Crippen LogP contribution in [-0.2, 0) is 21.0 Å². The third-order valence-electron chi connectivity index (χ3n) is 5.83. The number of carbonyl (C=O) groups excluding carboxylic acids is 1. The smallest absolute Gasteiger partial charge is 0.337 e. The van der Waals surface area contributed by atoms with E-state index in [4.69, 9.17) is 5.26 Å². The van der Waals surface area contributed by atoms with Crippen molar-refractivity contribution in [3.63, 3.8) is 0 Å². The monoisotopic (exact) mass is 442 g/mol. The fraction of sp³-hybridized carbons (Fsp3) is 0.391. The summed E-state index contributed by atoms with van der Waals surface area (Å²) in [5.74, 6) is -0.543. The molecule has 2 N–H and O–H groups in total. The molecule has 1 fully saturated rings. The molecule has 2 aromatic rings. The summed E-state index contributed by atoms with van der Waals surface area (Å²) in [4.78, 5) is 11.7. The van der Waals surface area contributed by atoms with Crippen molar-refractivity contribution in [1.82, 2.24) is 5.32 Å². The maximum atomic E-state index is 13.6. The van der Waals surface area contributed by atoms with E-state index in [2.05, 4.69) is 16.1 Å². The molecule has 0 saturated carbocycles. The average molecular weight is 443 g/mol. The van der Waals surface area contributed by atoms with Crippen LogP contribution in [0, 0.1) is 11.3 Å². The summed E-state index contributed by atoms with van der Waals surface area (Å²) in [6, 6.07) is 14.7. The third-order valence-corrected chi connectivity index (χ3v) is 8.18. The highest BCUT2D eigenvalue weighted by Gasteiger charge is 2.45. The molecule has 1 atom stereocenters. The summed E-state index contributed by atoms with van der Waals surface area (Å²) in [7, 11) is -2.61. The molecule has 31 heavy (non-hydrogen) atoms. The van der Waals surface area contributed by atoms with E-state index in [0.29, 0.717) is 37.9 Å². The van der Waals surface area contributed by atoms with Crippen LogP contribution >= 0.6 is 0 Å². The lowest BCUT2D eigenvalue weighted by molar-refractivity contribution is 0.00441. The number of rotatable bonds is 7. The number of carbonyl (C=O) groups is 1. The molecule has 0 radical (unpaired) electrons. The number of methoxy groups -OCH3 is 1. The highest BCUT2D eigenvalue weighted by molar-refractivity contribution is 7.92. The quantitative estimate of drug-likeness (QED) is 0.632. The van der Waals surface area contributed by atoms with Gasteiger partial charge in [-0.15, -0.1) is 0 Å².